The van der Waals surface area contributed by atoms with Crippen LogP contribution in [0.3, 0.4) is 0 Å². The molecule has 0 unspecified atom stereocenters. The second kappa shape index (κ2) is 7.52. The van der Waals surface area contributed by atoms with Crippen LogP contribution in [0.25, 0.3) is 0 Å². The van der Waals surface area contributed by atoms with Crippen LogP contribution in [0, 0.1) is 13.8 Å². The Morgan fingerprint density at radius 1 is 1.21 bits per heavy atom. The van der Waals surface area contributed by atoms with Crippen LogP contribution in [0.15, 0.2) is 47.8 Å². The van der Waals surface area contributed by atoms with E-state index < -0.39 is 0 Å². The summed E-state index contributed by atoms with van der Waals surface area (Å²) in [6.45, 7) is 6.08. The number of carbonyl (C=O) groups excluding carboxylic acids is 2. The number of amides is 3. The van der Waals surface area contributed by atoms with Crippen molar-refractivity contribution in [2.75, 3.05) is 23.3 Å². The van der Waals surface area contributed by atoms with Gasteiger partial charge in [-0.1, -0.05) is 6.07 Å². The average molecular weight is 395 g/mol. The second-order valence-electron chi connectivity index (χ2n) is 6.83. The van der Waals surface area contributed by atoms with Gasteiger partial charge in [-0.05, 0) is 55.6 Å². The van der Waals surface area contributed by atoms with Gasteiger partial charge in [-0.2, -0.15) is 0 Å². The quantitative estimate of drug-likeness (QED) is 0.687. The number of urea groups is 1. The first-order chi connectivity index (χ1) is 13.5. The number of anilines is 2. The zero-order valence-electron chi connectivity index (χ0n) is 15.9. The number of nitrogens with one attached hydrogen (secondary N) is 2. The highest BCUT2D eigenvalue weighted by molar-refractivity contribution is 7.09. The van der Waals surface area contributed by atoms with Crippen LogP contribution in [-0.4, -0.2) is 29.6 Å². The molecule has 0 atom stereocenters. The first kappa shape index (κ1) is 18.3. The van der Waals surface area contributed by atoms with E-state index in [0.717, 1.165) is 23.6 Å². The molecule has 1 aliphatic rings. The molecule has 0 aliphatic carbocycles. The van der Waals surface area contributed by atoms with E-state index in [2.05, 4.69) is 26.6 Å². The van der Waals surface area contributed by atoms with Crippen molar-refractivity contribution in [1.82, 2.24) is 9.88 Å². The van der Waals surface area contributed by atoms with Crippen molar-refractivity contribution in [2.24, 2.45) is 0 Å². The zero-order chi connectivity index (χ0) is 19.7. The largest absolute Gasteiger partial charge is 0.343 e. The lowest BCUT2D eigenvalue weighted by Gasteiger charge is -2.14. The van der Waals surface area contributed by atoms with Gasteiger partial charge in [0, 0.05) is 40.7 Å². The van der Waals surface area contributed by atoms with Crippen LogP contribution >= 0.6 is 11.3 Å². The Kier molecular flexibility index (Phi) is 4.92. The topological polar surface area (TPSA) is 66.4 Å². The Morgan fingerprint density at radius 2 is 2.00 bits per heavy atom. The molecule has 1 aliphatic heterocycles. The van der Waals surface area contributed by atoms with Crippen LogP contribution in [0.1, 0.15) is 26.6 Å². The maximum atomic E-state index is 12.8. The van der Waals surface area contributed by atoms with Gasteiger partial charge in [0.05, 0.1) is 12.1 Å². The third kappa shape index (κ3) is 3.53. The normalized spacial score (nSPS) is 13.6. The van der Waals surface area contributed by atoms with Crippen molar-refractivity contribution < 1.29 is 9.59 Å². The highest BCUT2D eigenvalue weighted by atomic mass is 32.1. The number of benzene rings is 1. The molecule has 28 heavy (non-hydrogen) atoms. The number of hydrogen-bond acceptors (Lipinski definition) is 3. The summed E-state index contributed by atoms with van der Waals surface area (Å²) < 4.78 is 2.16. The molecule has 1 aromatic carbocycles. The van der Waals surface area contributed by atoms with Crippen molar-refractivity contribution in [3.63, 3.8) is 0 Å². The monoisotopic (exact) mass is 394 g/mol. The number of thiophene rings is 1. The van der Waals surface area contributed by atoms with Crippen molar-refractivity contribution >= 4 is 34.6 Å². The molecule has 3 amide bonds. The van der Waals surface area contributed by atoms with Gasteiger partial charge in [0.25, 0.3) is 5.91 Å². The molecule has 1 saturated heterocycles. The van der Waals surface area contributed by atoms with E-state index in [4.69, 9.17) is 0 Å². The van der Waals surface area contributed by atoms with E-state index in [1.165, 1.54) is 4.88 Å². The fourth-order valence-corrected chi connectivity index (χ4v) is 4.17. The lowest BCUT2D eigenvalue weighted by Crippen LogP contribution is -2.27. The molecule has 2 aromatic heterocycles. The van der Waals surface area contributed by atoms with Gasteiger partial charge in [0.15, 0.2) is 0 Å². The van der Waals surface area contributed by atoms with Gasteiger partial charge in [0.2, 0.25) is 0 Å². The maximum Gasteiger partial charge on any atom is 0.321 e. The summed E-state index contributed by atoms with van der Waals surface area (Å²) in [6.07, 6.45) is 0. The lowest BCUT2D eigenvalue weighted by molar-refractivity contribution is 0.102. The number of rotatable bonds is 5. The van der Waals surface area contributed by atoms with Gasteiger partial charge >= 0.3 is 6.03 Å². The molecular formula is C21H22N4O2S. The predicted octanol–water partition coefficient (Wildman–Crippen LogP) is 4.00. The minimum absolute atomic E-state index is 0.0880. The Labute approximate surface area is 167 Å². The number of carbonyl (C=O) groups is 2. The van der Waals surface area contributed by atoms with E-state index in [1.54, 1.807) is 16.2 Å². The Hall–Kier alpha value is -3.06. The lowest BCUT2D eigenvalue weighted by atomic mass is 10.2. The van der Waals surface area contributed by atoms with E-state index >= 15 is 0 Å². The van der Waals surface area contributed by atoms with E-state index in [0.29, 0.717) is 24.3 Å². The van der Waals surface area contributed by atoms with Crippen molar-refractivity contribution in [1.29, 1.82) is 0 Å². The average Bonchev–Trinajstić information content (AvgIpc) is 3.40. The second-order valence-corrected chi connectivity index (χ2v) is 7.87. The Bertz CT molecular complexity index is 1010. The minimum Gasteiger partial charge on any atom is -0.343 e. The number of aryl methyl sites for hydroxylation is 1. The molecule has 3 aromatic rings. The molecule has 0 spiro atoms. The Balaban J connectivity index is 1.48. The third-order valence-corrected chi connectivity index (χ3v) is 5.87. The Morgan fingerprint density at radius 3 is 2.64 bits per heavy atom. The van der Waals surface area contributed by atoms with Crippen LogP contribution < -0.4 is 15.5 Å². The van der Waals surface area contributed by atoms with Gasteiger partial charge in [-0.15, -0.1) is 11.3 Å². The van der Waals surface area contributed by atoms with Gasteiger partial charge in [-0.3, -0.25) is 9.69 Å². The maximum absolute atomic E-state index is 12.8. The van der Waals surface area contributed by atoms with Gasteiger partial charge < -0.3 is 15.2 Å². The van der Waals surface area contributed by atoms with Gasteiger partial charge in [-0.25, -0.2) is 4.79 Å². The number of aromatic nitrogens is 1. The molecule has 0 radical (unpaired) electrons. The number of nitrogens with zero attached hydrogens (tertiary/aromatic N) is 2. The van der Waals surface area contributed by atoms with Crippen molar-refractivity contribution in [2.45, 2.75) is 20.4 Å². The molecule has 0 bridgehead atoms. The minimum atomic E-state index is -0.128. The predicted molar refractivity (Wildman–Crippen MR) is 112 cm³/mol. The SMILES string of the molecule is Cc1cc(C(=O)Nc2ccc(N3CCNC3=O)cc2)c(C)n1Cc1cccs1. The molecule has 0 saturated carbocycles. The molecule has 2 N–H and O–H groups in total. The van der Waals surface area contributed by atoms with E-state index in [1.807, 2.05) is 50.2 Å². The molecular weight excluding hydrogens is 372 g/mol. The summed E-state index contributed by atoms with van der Waals surface area (Å²) in [6, 6.07) is 13.3. The highest BCUT2D eigenvalue weighted by Crippen LogP contribution is 2.22. The van der Waals surface area contributed by atoms with E-state index in [9.17, 15) is 9.59 Å². The fraction of sp³-hybridized carbons (Fsp3) is 0.238. The van der Waals surface area contributed by atoms with E-state index in [-0.39, 0.29) is 11.9 Å². The molecule has 7 heteroatoms. The molecule has 3 heterocycles. The summed E-state index contributed by atoms with van der Waals surface area (Å²) in [5.74, 6) is -0.128. The first-order valence-electron chi connectivity index (χ1n) is 9.19. The van der Waals surface area contributed by atoms with Gasteiger partial charge in [0.1, 0.15) is 0 Å². The summed E-state index contributed by atoms with van der Waals surface area (Å²) in [5, 5.41) is 7.80. The van der Waals surface area contributed by atoms with Crippen LogP contribution in [-0.2, 0) is 6.54 Å². The fourth-order valence-electron chi connectivity index (χ4n) is 3.47. The zero-order valence-corrected chi connectivity index (χ0v) is 16.7. The van der Waals surface area contributed by atoms with Crippen molar-refractivity contribution in [3.8, 4) is 0 Å². The van der Waals surface area contributed by atoms with Crippen LogP contribution in [0.2, 0.25) is 0 Å². The summed E-state index contributed by atoms with van der Waals surface area (Å²) >= 11 is 1.71. The summed E-state index contributed by atoms with van der Waals surface area (Å²) in [4.78, 5) is 27.5. The van der Waals surface area contributed by atoms with Crippen molar-refractivity contribution in [3.05, 3.63) is 69.7 Å². The molecule has 144 valence electrons. The van der Waals surface area contributed by atoms with Crippen LogP contribution in [0.4, 0.5) is 16.2 Å². The summed E-state index contributed by atoms with van der Waals surface area (Å²) in [7, 11) is 0. The summed E-state index contributed by atoms with van der Waals surface area (Å²) in [5.41, 5.74) is 4.22. The first-order valence-corrected chi connectivity index (χ1v) is 10.1. The van der Waals surface area contributed by atoms with Crippen LogP contribution in [0.5, 0.6) is 0 Å². The number of hydrogen-bond donors (Lipinski definition) is 2. The highest BCUT2D eigenvalue weighted by Gasteiger charge is 2.21. The molecule has 6 nitrogen and oxygen atoms in total. The standard InChI is InChI=1S/C21H22N4O2S/c1-14-12-19(15(2)25(14)13-18-4-3-11-28-18)20(26)23-16-5-7-17(8-6-16)24-10-9-22-21(24)27/h3-8,11-12H,9-10,13H2,1-2H3,(H,22,27)(H,23,26). The molecule has 1 fully saturated rings. The molecule has 4 rings (SSSR count). The smallest absolute Gasteiger partial charge is 0.321 e. The third-order valence-electron chi connectivity index (χ3n) is 5.01.